The largest absolute Gasteiger partial charge is 0.508 e. The fourth-order valence-electron chi connectivity index (χ4n) is 2.46. The number of carbonyl (C=O) groups excluding carboxylic acids is 2. The molecule has 0 spiro atoms. The molecule has 5 nitrogen and oxygen atoms in total. The van der Waals surface area contributed by atoms with Crippen molar-refractivity contribution in [3.05, 3.63) is 35.4 Å². The summed E-state index contributed by atoms with van der Waals surface area (Å²) in [7, 11) is 0. The maximum atomic E-state index is 12.1. The van der Waals surface area contributed by atoms with E-state index in [9.17, 15) is 19.8 Å². The van der Waals surface area contributed by atoms with E-state index in [0.717, 1.165) is 38.2 Å². The predicted molar refractivity (Wildman–Crippen MR) is 81.0 cm³/mol. The van der Waals surface area contributed by atoms with Crippen LogP contribution >= 0.6 is 0 Å². The van der Waals surface area contributed by atoms with Gasteiger partial charge in [0.25, 0.3) is 0 Å². The van der Waals surface area contributed by atoms with E-state index >= 15 is 0 Å². The van der Waals surface area contributed by atoms with Gasteiger partial charge in [0.2, 0.25) is 0 Å². The Bertz CT molecular complexity index is 589. The molecular weight excluding hydrogens is 284 g/mol. The zero-order valence-electron chi connectivity index (χ0n) is 12.4. The average molecular weight is 304 g/mol. The summed E-state index contributed by atoms with van der Waals surface area (Å²) in [4.78, 5) is 24.1. The maximum absolute atomic E-state index is 12.1. The molecule has 1 aliphatic rings. The van der Waals surface area contributed by atoms with Crippen LogP contribution in [0.2, 0.25) is 0 Å². The van der Waals surface area contributed by atoms with E-state index in [1.54, 1.807) is 0 Å². The van der Waals surface area contributed by atoms with Crippen molar-refractivity contribution in [3.8, 4) is 11.5 Å². The molecule has 1 aliphatic heterocycles. The third-order valence-electron chi connectivity index (χ3n) is 3.55. The Labute approximate surface area is 129 Å². The number of hydrogen-bond acceptors (Lipinski definition) is 5. The Kier molecular flexibility index (Phi) is 5.58. The number of ketones is 1. The summed E-state index contributed by atoms with van der Waals surface area (Å²) in [5, 5.41) is 19.5. The van der Waals surface area contributed by atoms with Gasteiger partial charge in [-0.05, 0) is 37.0 Å². The van der Waals surface area contributed by atoms with Gasteiger partial charge in [0.15, 0.2) is 5.78 Å². The molecule has 1 aromatic rings. The number of esters is 1. The summed E-state index contributed by atoms with van der Waals surface area (Å²) in [6.07, 6.45) is 7.82. The molecule has 0 saturated carbocycles. The van der Waals surface area contributed by atoms with E-state index in [4.69, 9.17) is 4.74 Å². The van der Waals surface area contributed by atoms with Crippen molar-refractivity contribution in [3.63, 3.8) is 0 Å². The third kappa shape index (κ3) is 4.35. The standard InChI is InChI=1S/C17H20O5/c18-13-7-5-3-1-2-4-6-8-22-17(21)16-12(9-13)10-14(19)11-15(16)20/h5,7,10-11,19-20H,1-4,6,8-9H2/b7-5+. The second kappa shape index (κ2) is 7.64. The van der Waals surface area contributed by atoms with Crippen LogP contribution in [0.4, 0.5) is 0 Å². The Morgan fingerprint density at radius 2 is 1.77 bits per heavy atom. The molecule has 5 heteroatoms. The highest BCUT2D eigenvalue weighted by molar-refractivity contribution is 5.98. The van der Waals surface area contributed by atoms with Crippen LogP contribution in [0.25, 0.3) is 0 Å². The van der Waals surface area contributed by atoms with Gasteiger partial charge in [-0.2, -0.15) is 0 Å². The molecule has 0 bridgehead atoms. The quantitative estimate of drug-likeness (QED) is 0.720. The highest BCUT2D eigenvalue weighted by Crippen LogP contribution is 2.28. The number of allylic oxidation sites excluding steroid dienone is 2. The van der Waals surface area contributed by atoms with Gasteiger partial charge in [-0.3, -0.25) is 4.79 Å². The van der Waals surface area contributed by atoms with Crippen LogP contribution in [-0.2, 0) is 16.0 Å². The number of aromatic hydroxyl groups is 2. The van der Waals surface area contributed by atoms with Crippen molar-refractivity contribution >= 4 is 11.8 Å². The molecule has 0 fully saturated rings. The van der Waals surface area contributed by atoms with E-state index in [1.807, 2.05) is 6.08 Å². The molecule has 2 N–H and O–H groups in total. The molecule has 1 heterocycles. The fourth-order valence-corrected chi connectivity index (χ4v) is 2.46. The Hall–Kier alpha value is -2.30. The molecule has 0 radical (unpaired) electrons. The number of rotatable bonds is 0. The van der Waals surface area contributed by atoms with Gasteiger partial charge in [-0.1, -0.05) is 18.9 Å². The molecule has 0 aliphatic carbocycles. The lowest BCUT2D eigenvalue weighted by molar-refractivity contribution is -0.114. The topological polar surface area (TPSA) is 83.8 Å². The second-order valence-corrected chi connectivity index (χ2v) is 5.38. The Morgan fingerprint density at radius 1 is 1.00 bits per heavy atom. The Balaban J connectivity index is 2.32. The van der Waals surface area contributed by atoms with E-state index in [-0.39, 0.29) is 41.4 Å². The number of fused-ring (bicyclic) bond motifs is 1. The third-order valence-corrected chi connectivity index (χ3v) is 3.55. The van der Waals surface area contributed by atoms with E-state index in [2.05, 4.69) is 0 Å². The zero-order valence-corrected chi connectivity index (χ0v) is 12.4. The summed E-state index contributed by atoms with van der Waals surface area (Å²) in [5.74, 6) is -1.41. The first-order chi connectivity index (χ1) is 10.6. The number of carbonyl (C=O) groups is 2. The molecule has 1 aromatic carbocycles. The molecular formula is C17H20O5. The van der Waals surface area contributed by atoms with Crippen LogP contribution in [-0.4, -0.2) is 28.6 Å². The minimum atomic E-state index is -0.665. The summed E-state index contributed by atoms with van der Waals surface area (Å²) in [6, 6.07) is 2.39. The Morgan fingerprint density at radius 3 is 2.59 bits per heavy atom. The highest BCUT2D eigenvalue weighted by atomic mass is 16.5. The van der Waals surface area contributed by atoms with Crippen LogP contribution in [0.15, 0.2) is 24.3 Å². The number of cyclic esters (lactones) is 1. The SMILES string of the molecule is O=C1/C=C/CCCCCCOC(=O)c2c(O)cc(O)cc2C1. The van der Waals surface area contributed by atoms with Gasteiger partial charge in [0.1, 0.15) is 17.1 Å². The molecule has 2 rings (SSSR count). The number of phenolic OH excluding ortho intramolecular Hbond substituents is 2. The van der Waals surface area contributed by atoms with Gasteiger partial charge in [-0.15, -0.1) is 0 Å². The first kappa shape index (κ1) is 16.1. The van der Waals surface area contributed by atoms with Crippen molar-refractivity contribution < 1.29 is 24.5 Å². The zero-order chi connectivity index (χ0) is 15.9. The first-order valence-corrected chi connectivity index (χ1v) is 7.49. The summed E-state index contributed by atoms with van der Waals surface area (Å²) in [5.41, 5.74) is 0.228. The smallest absolute Gasteiger partial charge is 0.342 e. The normalized spacial score (nSPS) is 18.9. The minimum absolute atomic E-state index is 0.0448. The molecule has 118 valence electrons. The fraction of sp³-hybridized carbons (Fsp3) is 0.412. The van der Waals surface area contributed by atoms with Crippen LogP contribution in [0, 0.1) is 0 Å². The second-order valence-electron chi connectivity index (χ2n) is 5.38. The van der Waals surface area contributed by atoms with Crippen LogP contribution < -0.4 is 0 Å². The first-order valence-electron chi connectivity index (χ1n) is 7.49. The van der Waals surface area contributed by atoms with Crippen LogP contribution in [0.5, 0.6) is 11.5 Å². The van der Waals surface area contributed by atoms with Crippen molar-refractivity contribution in [2.45, 2.75) is 38.5 Å². The molecule has 22 heavy (non-hydrogen) atoms. The van der Waals surface area contributed by atoms with E-state index < -0.39 is 5.97 Å². The van der Waals surface area contributed by atoms with Gasteiger partial charge >= 0.3 is 5.97 Å². The number of hydrogen-bond donors (Lipinski definition) is 2. The van der Waals surface area contributed by atoms with Crippen molar-refractivity contribution in [2.75, 3.05) is 6.61 Å². The average Bonchev–Trinajstić information content (AvgIpc) is 2.44. The molecule has 0 unspecified atom stereocenters. The highest BCUT2D eigenvalue weighted by Gasteiger charge is 2.20. The number of benzene rings is 1. The van der Waals surface area contributed by atoms with E-state index in [1.165, 1.54) is 12.1 Å². The summed E-state index contributed by atoms with van der Waals surface area (Å²) < 4.78 is 5.16. The number of phenols is 2. The van der Waals surface area contributed by atoms with Gasteiger partial charge in [0.05, 0.1) is 6.61 Å². The monoisotopic (exact) mass is 304 g/mol. The van der Waals surface area contributed by atoms with Gasteiger partial charge < -0.3 is 14.9 Å². The lowest BCUT2D eigenvalue weighted by Crippen LogP contribution is -2.12. The van der Waals surface area contributed by atoms with Crippen molar-refractivity contribution in [1.82, 2.24) is 0 Å². The molecule has 0 amide bonds. The lowest BCUT2D eigenvalue weighted by atomic mass is 10.00. The lowest BCUT2D eigenvalue weighted by Gasteiger charge is -2.12. The maximum Gasteiger partial charge on any atom is 0.342 e. The van der Waals surface area contributed by atoms with Gasteiger partial charge in [0, 0.05) is 12.5 Å². The molecule has 0 saturated heterocycles. The number of ether oxygens (including phenoxy) is 1. The van der Waals surface area contributed by atoms with Gasteiger partial charge in [-0.25, -0.2) is 4.79 Å². The van der Waals surface area contributed by atoms with Crippen LogP contribution in [0.1, 0.15) is 48.0 Å². The van der Waals surface area contributed by atoms with Crippen LogP contribution in [0.3, 0.4) is 0 Å². The van der Waals surface area contributed by atoms with Crippen molar-refractivity contribution in [2.24, 2.45) is 0 Å². The minimum Gasteiger partial charge on any atom is -0.508 e. The summed E-state index contributed by atoms with van der Waals surface area (Å²) in [6.45, 7) is 0.280. The molecule has 0 aromatic heterocycles. The summed E-state index contributed by atoms with van der Waals surface area (Å²) >= 11 is 0. The molecule has 0 atom stereocenters. The van der Waals surface area contributed by atoms with E-state index in [0.29, 0.717) is 0 Å². The predicted octanol–water partition coefficient (Wildman–Crippen LogP) is 2.89. The van der Waals surface area contributed by atoms with Crippen molar-refractivity contribution in [1.29, 1.82) is 0 Å².